The van der Waals surface area contributed by atoms with Crippen molar-refractivity contribution in [2.24, 2.45) is 11.8 Å². The van der Waals surface area contributed by atoms with E-state index in [-0.39, 0.29) is 36.6 Å². The van der Waals surface area contributed by atoms with Gasteiger partial charge in [-0.1, -0.05) is 24.4 Å². The number of fused-ring (bicyclic) bond motifs is 1. The molecule has 1 aliphatic heterocycles. The molecule has 1 saturated carbocycles. The number of hydrogen-bond donors (Lipinski definition) is 0. The van der Waals surface area contributed by atoms with E-state index in [1.54, 1.807) is 12.1 Å². The van der Waals surface area contributed by atoms with E-state index in [1.165, 1.54) is 4.90 Å². The highest BCUT2D eigenvalue weighted by Crippen LogP contribution is 2.38. The molecule has 2 aliphatic rings. The number of benzene rings is 1. The second-order valence-corrected chi connectivity index (χ2v) is 7.35. The molecule has 1 aromatic rings. The molecule has 5 nitrogen and oxygen atoms in total. The minimum absolute atomic E-state index is 0.00156. The number of halogens is 1. The molecule has 2 atom stereocenters. The van der Waals surface area contributed by atoms with Gasteiger partial charge in [0.1, 0.15) is 5.75 Å². The van der Waals surface area contributed by atoms with Crippen molar-refractivity contribution in [1.29, 1.82) is 0 Å². The number of likely N-dealkylation sites (tertiary alicyclic amines) is 1. The zero-order chi connectivity index (χ0) is 18.1. The second kappa shape index (κ2) is 7.16. The van der Waals surface area contributed by atoms with Crippen LogP contribution >= 0.6 is 11.6 Å². The minimum atomic E-state index is -0.455. The average Bonchev–Trinajstić information content (AvgIpc) is 2.81. The van der Waals surface area contributed by atoms with Crippen LogP contribution in [0.3, 0.4) is 0 Å². The Morgan fingerprint density at radius 1 is 1.12 bits per heavy atom. The van der Waals surface area contributed by atoms with Gasteiger partial charge in [-0.05, 0) is 49.9 Å². The minimum Gasteiger partial charge on any atom is -0.426 e. The number of hydrogen-bond acceptors (Lipinski definition) is 4. The first-order valence-corrected chi connectivity index (χ1v) is 9.09. The summed E-state index contributed by atoms with van der Waals surface area (Å²) < 4.78 is 5.43. The fraction of sp³-hybridized carbons (Fsp3) is 0.526. The van der Waals surface area contributed by atoms with E-state index in [2.05, 4.69) is 0 Å². The van der Waals surface area contributed by atoms with Crippen molar-refractivity contribution in [3.63, 3.8) is 0 Å². The molecular weight excluding hydrogens is 342 g/mol. The lowest BCUT2D eigenvalue weighted by Gasteiger charge is -2.19. The van der Waals surface area contributed by atoms with E-state index in [0.29, 0.717) is 10.8 Å². The zero-order valence-electron chi connectivity index (χ0n) is 14.5. The Kier molecular flexibility index (Phi) is 5.13. The van der Waals surface area contributed by atoms with Gasteiger partial charge in [0.25, 0.3) is 0 Å². The number of carbonyl (C=O) groups excluding carboxylic acids is 3. The molecule has 1 aliphatic carbocycles. The summed E-state index contributed by atoms with van der Waals surface area (Å²) in [4.78, 5) is 38.2. The van der Waals surface area contributed by atoms with Gasteiger partial charge in [-0.3, -0.25) is 19.3 Å². The zero-order valence-corrected chi connectivity index (χ0v) is 15.3. The Hall–Kier alpha value is -1.88. The van der Waals surface area contributed by atoms with E-state index in [4.69, 9.17) is 16.3 Å². The summed E-state index contributed by atoms with van der Waals surface area (Å²) in [5.74, 6) is -0.579. The third kappa shape index (κ3) is 3.56. The molecule has 1 aromatic carbocycles. The lowest BCUT2D eigenvalue weighted by Crippen LogP contribution is -2.33. The summed E-state index contributed by atoms with van der Waals surface area (Å²) in [6.07, 6.45) is 3.54. The molecule has 0 radical (unpaired) electrons. The first kappa shape index (κ1) is 17.9. The van der Waals surface area contributed by atoms with Crippen LogP contribution in [0.1, 0.15) is 43.2 Å². The largest absolute Gasteiger partial charge is 0.426 e. The van der Waals surface area contributed by atoms with Crippen LogP contribution in [0.5, 0.6) is 5.75 Å². The van der Waals surface area contributed by atoms with Crippen LogP contribution in [0.2, 0.25) is 5.02 Å². The third-order valence-corrected chi connectivity index (χ3v) is 5.33. The van der Waals surface area contributed by atoms with Gasteiger partial charge in [-0.15, -0.1) is 0 Å². The summed E-state index contributed by atoms with van der Waals surface area (Å²) >= 11 is 5.98. The molecule has 0 aromatic heterocycles. The molecule has 1 heterocycles. The highest BCUT2D eigenvalue weighted by atomic mass is 35.5. The quantitative estimate of drug-likeness (QED) is 0.467. The van der Waals surface area contributed by atoms with Gasteiger partial charge in [-0.25, -0.2) is 0 Å². The van der Waals surface area contributed by atoms with Gasteiger partial charge >= 0.3 is 5.97 Å². The van der Waals surface area contributed by atoms with E-state index >= 15 is 0 Å². The summed E-state index contributed by atoms with van der Waals surface area (Å²) in [7, 11) is 0. The van der Waals surface area contributed by atoms with Crippen LogP contribution in [-0.2, 0) is 14.4 Å². The van der Waals surface area contributed by atoms with Crippen LogP contribution in [0.15, 0.2) is 12.1 Å². The summed E-state index contributed by atoms with van der Waals surface area (Å²) in [5, 5.41) is 0.589. The van der Waals surface area contributed by atoms with Crippen LogP contribution in [0.25, 0.3) is 0 Å². The molecular formula is C19H22ClNO4. The average molecular weight is 364 g/mol. The van der Waals surface area contributed by atoms with Crippen molar-refractivity contribution < 1.29 is 19.1 Å². The maximum absolute atomic E-state index is 12.4. The summed E-state index contributed by atoms with van der Waals surface area (Å²) in [6, 6.07) is 3.46. The monoisotopic (exact) mass is 363 g/mol. The molecule has 1 saturated heterocycles. The molecule has 0 spiro atoms. The molecule has 134 valence electrons. The highest BCUT2D eigenvalue weighted by molar-refractivity contribution is 6.30. The van der Waals surface area contributed by atoms with Crippen molar-refractivity contribution in [2.75, 3.05) is 6.54 Å². The predicted octanol–water partition coefficient (Wildman–Crippen LogP) is 3.43. The van der Waals surface area contributed by atoms with Crippen molar-refractivity contribution in [3.05, 3.63) is 28.3 Å². The van der Waals surface area contributed by atoms with Gasteiger partial charge in [0.05, 0.1) is 18.3 Å². The van der Waals surface area contributed by atoms with E-state index in [9.17, 15) is 14.4 Å². The lowest BCUT2D eigenvalue weighted by molar-refractivity contribution is -0.141. The first-order chi connectivity index (χ1) is 11.9. The van der Waals surface area contributed by atoms with Crippen LogP contribution in [0.4, 0.5) is 0 Å². The predicted molar refractivity (Wildman–Crippen MR) is 93.3 cm³/mol. The van der Waals surface area contributed by atoms with Crippen molar-refractivity contribution in [1.82, 2.24) is 4.90 Å². The Bertz CT molecular complexity index is 683. The Balaban J connectivity index is 1.61. The van der Waals surface area contributed by atoms with Crippen molar-refractivity contribution >= 4 is 29.4 Å². The molecule has 25 heavy (non-hydrogen) atoms. The van der Waals surface area contributed by atoms with Crippen molar-refractivity contribution in [3.8, 4) is 5.75 Å². The van der Waals surface area contributed by atoms with E-state index in [1.807, 2.05) is 13.8 Å². The first-order valence-electron chi connectivity index (χ1n) is 8.71. The molecule has 0 unspecified atom stereocenters. The van der Waals surface area contributed by atoms with Crippen LogP contribution in [0, 0.1) is 25.7 Å². The number of esters is 1. The third-order valence-electron chi connectivity index (χ3n) is 5.11. The number of imide groups is 1. The SMILES string of the molecule is Cc1cc(Cl)cc(C)c1OC(=O)CCN1C(=O)[C@H]2CCCC[C@@H]2C1=O. The molecule has 0 bridgehead atoms. The van der Waals surface area contributed by atoms with Gasteiger partial charge in [0, 0.05) is 11.6 Å². The number of amides is 2. The van der Waals surface area contributed by atoms with E-state index < -0.39 is 5.97 Å². The fourth-order valence-electron chi connectivity index (χ4n) is 3.88. The lowest BCUT2D eigenvalue weighted by atomic mass is 9.81. The van der Waals surface area contributed by atoms with Gasteiger partial charge < -0.3 is 4.74 Å². The van der Waals surface area contributed by atoms with Crippen molar-refractivity contribution in [2.45, 2.75) is 46.0 Å². The summed E-state index contributed by atoms with van der Waals surface area (Å²) in [5.41, 5.74) is 1.55. The number of rotatable bonds is 4. The van der Waals surface area contributed by atoms with Crippen LogP contribution in [-0.4, -0.2) is 29.2 Å². The second-order valence-electron chi connectivity index (χ2n) is 6.92. The number of ether oxygens (including phenoxy) is 1. The molecule has 3 rings (SSSR count). The Labute approximate surface area is 152 Å². The number of carbonyl (C=O) groups is 3. The van der Waals surface area contributed by atoms with Crippen LogP contribution < -0.4 is 4.74 Å². The standard InChI is InChI=1S/C19H22ClNO4/c1-11-9-13(20)10-12(2)17(11)25-16(22)7-8-21-18(23)14-5-3-4-6-15(14)19(21)24/h9-10,14-15H,3-8H2,1-2H3/t14-,15-/m0/s1. The Morgan fingerprint density at radius 2 is 1.64 bits per heavy atom. The van der Waals surface area contributed by atoms with Gasteiger partial charge in [0.2, 0.25) is 11.8 Å². The summed E-state index contributed by atoms with van der Waals surface area (Å²) in [6.45, 7) is 3.73. The van der Waals surface area contributed by atoms with E-state index in [0.717, 1.165) is 36.8 Å². The maximum atomic E-state index is 12.4. The smallest absolute Gasteiger partial charge is 0.313 e. The molecule has 2 fully saturated rings. The fourth-order valence-corrected chi connectivity index (χ4v) is 4.21. The molecule has 6 heteroatoms. The van der Waals surface area contributed by atoms with Gasteiger partial charge in [-0.2, -0.15) is 0 Å². The topological polar surface area (TPSA) is 63.7 Å². The van der Waals surface area contributed by atoms with Gasteiger partial charge in [0.15, 0.2) is 0 Å². The molecule has 2 amide bonds. The number of aryl methyl sites for hydroxylation is 2. The maximum Gasteiger partial charge on any atom is 0.313 e. The Morgan fingerprint density at radius 3 is 2.16 bits per heavy atom. The molecule has 0 N–H and O–H groups in total. The number of nitrogens with zero attached hydrogens (tertiary/aromatic N) is 1. The highest BCUT2D eigenvalue weighted by Gasteiger charge is 2.47. The normalized spacial score (nSPS) is 22.9.